The van der Waals surface area contributed by atoms with Gasteiger partial charge in [0.2, 0.25) is 5.91 Å². The summed E-state index contributed by atoms with van der Waals surface area (Å²) in [5, 5.41) is 15.8. The van der Waals surface area contributed by atoms with Crippen molar-refractivity contribution in [1.82, 2.24) is 0 Å². The van der Waals surface area contributed by atoms with Gasteiger partial charge in [-0.25, -0.2) is 0 Å². The predicted octanol–water partition coefficient (Wildman–Crippen LogP) is 5.88. The van der Waals surface area contributed by atoms with E-state index in [9.17, 15) is 4.79 Å². The summed E-state index contributed by atoms with van der Waals surface area (Å²) >= 11 is 12.0. The number of halogens is 2. The fourth-order valence-electron chi connectivity index (χ4n) is 2.69. The quantitative estimate of drug-likeness (QED) is 0.481. The molecule has 0 saturated heterocycles. The van der Waals surface area contributed by atoms with Gasteiger partial charge in [0.15, 0.2) is 0 Å². The minimum Gasteiger partial charge on any atom is -0.489 e. The van der Waals surface area contributed by atoms with Crippen LogP contribution in [0.2, 0.25) is 10.0 Å². The van der Waals surface area contributed by atoms with Crippen LogP contribution in [-0.2, 0) is 11.4 Å². The van der Waals surface area contributed by atoms with E-state index >= 15 is 0 Å². The minimum absolute atomic E-state index is 0.239. The third kappa shape index (κ3) is 5.90. The highest BCUT2D eigenvalue weighted by Crippen LogP contribution is 2.26. The van der Waals surface area contributed by atoms with Gasteiger partial charge in [-0.05, 0) is 67.1 Å². The third-order valence-electron chi connectivity index (χ3n) is 4.28. The van der Waals surface area contributed by atoms with Crippen molar-refractivity contribution < 1.29 is 9.53 Å². The molecule has 0 heterocycles. The van der Waals surface area contributed by atoms with Crippen molar-refractivity contribution in [2.75, 3.05) is 10.6 Å². The first-order valence-electron chi connectivity index (χ1n) is 9.19. The monoisotopic (exact) mass is 439 g/mol. The van der Waals surface area contributed by atoms with E-state index in [1.165, 1.54) is 0 Å². The van der Waals surface area contributed by atoms with E-state index in [2.05, 4.69) is 16.7 Å². The Balaban J connectivity index is 1.54. The molecule has 0 spiro atoms. The van der Waals surface area contributed by atoms with E-state index in [1.807, 2.05) is 36.4 Å². The van der Waals surface area contributed by atoms with Crippen LogP contribution >= 0.6 is 23.2 Å². The second-order valence-electron chi connectivity index (χ2n) is 6.60. The molecule has 0 aliphatic carbocycles. The van der Waals surface area contributed by atoms with Gasteiger partial charge in [0.05, 0.1) is 22.3 Å². The van der Waals surface area contributed by atoms with Crippen LogP contribution in [0.3, 0.4) is 0 Å². The molecular weight excluding hydrogens is 421 g/mol. The first-order valence-corrected chi connectivity index (χ1v) is 9.94. The third-order valence-corrected chi connectivity index (χ3v) is 4.84. The Bertz CT molecular complexity index is 1080. The number of amides is 1. The van der Waals surface area contributed by atoms with Crippen molar-refractivity contribution in [3.8, 4) is 11.8 Å². The SMILES string of the molecule is CC(Nc1ccc(OCc2cccc(C#N)c2)cc1)C(=O)Nc1cc(Cl)ccc1Cl. The summed E-state index contributed by atoms with van der Waals surface area (Å²) in [4.78, 5) is 12.4. The molecule has 0 radical (unpaired) electrons. The lowest BCUT2D eigenvalue weighted by atomic mass is 10.1. The van der Waals surface area contributed by atoms with Crippen LogP contribution in [-0.4, -0.2) is 11.9 Å². The molecule has 0 bridgehead atoms. The number of nitriles is 1. The molecule has 1 atom stereocenters. The van der Waals surface area contributed by atoms with Gasteiger partial charge in [-0.3, -0.25) is 4.79 Å². The van der Waals surface area contributed by atoms with Crippen molar-refractivity contribution in [2.45, 2.75) is 19.6 Å². The minimum atomic E-state index is -0.500. The van der Waals surface area contributed by atoms with Gasteiger partial charge in [-0.1, -0.05) is 35.3 Å². The number of carbonyl (C=O) groups is 1. The number of carbonyl (C=O) groups excluding carboxylic acids is 1. The summed E-state index contributed by atoms with van der Waals surface area (Å²) < 4.78 is 5.76. The number of anilines is 2. The van der Waals surface area contributed by atoms with Gasteiger partial charge in [-0.15, -0.1) is 0 Å². The van der Waals surface area contributed by atoms with E-state index in [4.69, 9.17) is 33.2 Å². The zero-order valence-electron chi connectivity index (χ0n) is 16.2. The first kappa shape index (κ1) is 21.5. The summed E-state index contributed by atoms with van der Waals surface area (Å²) in [6, 6.07) is 21.1. The van der Waals surface area contributed by atoms with Gasteiger partial charge in [0.1, 0.15) is 18.4 Å². The van der Waals surface area contributed by atoms with Gasteiger partial charge < -0.3 is 15.4 Å². The Morgan fingerprint density at radius 1 is 1.10 bits per heavy atom. The smallest absolute Gasteiger partial charge is 0.246 e. The summed E-state index contributed by atoms with van der Waals surface area (Å²) in [6.07, 6.45) is 0. The summed E-state index contributed by atoms with van der Waals surface area (Å²) in [7, 11) is 0. The molecule has 0 saturated carbocycles. The topological polar surface area (TPSA) is 74.1 Å². The Kier molecular flexibility index (Phi) is 7.18. The van der Waals surface area contributed by atoms with E-state index in [0.29, 0.717) is 33.7 Å². The fourth-order valence-corrected chi connectivity index (χ4v) is 3.03. The van der Waals surface area contributed by atoms with Crippen molar-refractivity contribution >= 4 is 40.5 Å². The molecule has 1 unspecified atom stereocenters. The zero-order chi connectivity index (χ0) is 21.5. The molecule has 3 rings (SSSR count). The molecular formula is C23H19Cl2N3O2. The summed E-state index contributed by atoms with van der Waals surface area (Å²) in [5.41, 5.74) is 2.75. The second-order valence-corrected chi connectivity index (χ2v) is 7.45. The van der Waals surface area contributed by atoms with Crippen LogP contribution in [0.5, 0.6) is 5.75 Å². The number of nitrogens with zero attached hydrogens (tertiary/aromatic N) is 1. The molecule has 2 N–H and O–H groups in total. The molecule has 0 aliphatic heterocycles. The highest BCUT2D eigenvalue weighted by atomic mass is 35.5. The second kappa shape index (κ2) is 10.0. The van der Waals surface area contributed by atoms with Crippen LogP contribution in [0.15, 0.2) is 66.7 Å². The number of benzene rings is 3. The average Bonchev–Trinajstić information content (AvgIpc) is 2.76. The number of hydrogen-bond donors (Lipinski definition) is 2. The zero-order valence-corrected chi connectivity index (χ0v) is 17.7. The molecule has 0 aliphatic rings. The molecule has 30 heavy (non-hydrogen) atoms. The van der Waals surface area contributed by atoms with E-state index in [-0.39, 0.29) is 5.91 Å². The maximum absolute atomic E-state index is 12.4. The molecule has 3 aromatic rings. The summed E-state index contributed by atoms with van der Waals surface area (Å²) in [6.45, 7) is 2.11. The van der Waals surface area contributed by atoms with Gasteiger partial charge >= 0.3 is 0 Å². The average molecular weight is 440 g/mol. The standard InChI is InChI=1S/C23H19Cl2N3O2/c1-15(23(29)28-22-12-18(24)5-10-21(22)25)27-19-6-8-20(9-7-19)30-14-17-4-2-3-16(11-17)13-26/h2-12,15,27H,14H2,1H3,(H,28,29). The number of hydrogen-bond acceptors (Lipinski definition) is 4. The van der Waals surface area contributed by atoms with E-state index in [0.717, 1.165) is 11.3 Å². The molecule has 0 aromatic heterocycles. The Morgan fingerprint density at radius 2 is 1.87 bits per heavy atom. The number of ether oxygens (including phenoxy) is 1. The largest absolute Gasteiger partial charge is 0.489 e. The van der Waals surface area contributed by atoms with Crippen LogP contribution in [0, 0.1) is 11.3 Å². The molecule has 7 heteroatoms. The van der Waals surface area contributed by atoms with Crippen LogP contribution in [0.4, 0.5) is 11.4 Å². The van der Waals surface area contributed by atoms with Gasteiger partial charge in [0.25, 0.3) is 0 Å². The van der Waals surface area contributed by atoms with Crippen molar-refractivity contribution in [1.29, 1.82) is 5.26 Å². The van der Waals surface area contributed by atoms with Crippen molar-refractivity contribution in [2.24, 2.45) is 0 Å². The Hall–Kier alpha value is -3.20. The maximum Gasteiger partial charge on any atom is 0.246 e. The van der Waals surface area contributed by atoms with Crippen molar-refractivity contribution in [3.63, 3.8) is 0 Å². The van der Waals surface area contributed by atoms with Crippen LogP contribution in [0.1, 0.15) is 18.1 Å². The Morgan fingerprint density at radius 3 is 2.60 bits per heavy atom. The maximum atomic E-state index is 12.4. The number of rotatable bonds is 7. The van der Waals surface area contributed by atoms with Gasteiger partial charge in [-0.2, -0.15) is 5.26 Å². The van der Waals surface area contributed by atoms with E-state index in [1.54, 1.807) is 37.3 Å². The van der Waals surface area contributed by atoms with Crippen molar-refractivity contribution in [3.05, 3.63) is 87.9 Å². The van der Waals surface area contributed by atoms with Gasteiger partial charge in [0, 0.05) is 10.7 Å². The number of nitrogens with one attached hydrogen (secondary N) is 2. The normalized spacial score (nSPS) is 11.3. The Labute approximate surface area is 185 Å². The predicted molar refractivity (Wildman–Crippen MR) is 120 cm³/mol. The molecule has 1 amide bonds. The van der Waals surface area contributed by atoms with Crippen LogP contribution in [0.25, 0.3) is 0 Å². The van der Waals surface area contributed by atoms with E-state index < -0.39 is 6.04 Å². The summed E-state index contributed by atoms with van der Waals surface area (Å²) in [5.74, 6) is 0.447. The first-order chi connectivity index (χ1) is 14.4. The lowest BCUT2D eigenvalue weighted by molar-refractivity contribution is -0.116. The molecule has 5 nitrogen and oxygen atoms in total. The lowest BCUT2D eigenvalue weighted by Crippen LogP contribution is -2.31. The molecule has 152 valence electrons. The highest BCUT2D eigenvalue weighted by Gasteiger charge is 2.14. The highest BCUT2D eigenvalue weighted by molar-refractivity contribution is 6.35. The fraction of sp³-hybridized carbons (Fsp3) is 0.130. The molecule has 0 fully saturated rings. The van der Waals surface area contributed by atoms with Crippen LogP contribution < -0.4 is 15.4 Å². The molecule has 3 aromatic carbocycles. The lowest BCUT2D eigenvalue weighted by Gasteiger charge is -2.16.